The first-order valence-corrected chi connectivity index (χ1v) is 6.62. The van der Waals surface area contributed by atoms with Crippen LogP contribution in [0.2, 0.25) is 0 Å². The summed E-state index contributed by atoms with van der Waals surface area (Å²) in [6.45, 7) is 4.07. The molecule has 4 nitrogen and oxygen atoms in total. The quantitative estimate of drug-likeness (QED) is 0.748. The number of ether oxygens (including phenoxy) is 3. The molecule has 0 amide bonds. The van der Waals surface area contributed by atoms with Gasteiger partial charge in [-0.15, -0.1) is 13.2 Å². The normalized spacial score (nSPS) is 13.0. The van der Waals surface area contributed by atoms with Crippen LogP contribution in [-0.2, 0) is 4.74 Å². The molecule has 0 fully saturated rings. The van der Waals surface area contributed by atoms with E-state index in [1.807, 2.05) is 19.9 Å². The van der Waals surface area contributed by atoms with Gasteiger partial charge in [0.25, 0.3) is 0 Å². The lowest BCUT2D eigenvalue weighted by Gasteiger charge is -2.16. The third-order valence-corrected chi connectivity index (χ3v) is 2.80. The zero-order valence-electron chi connectivity index (χ0n) is 12.3. The highest BCUT2D eigenvalue weighted by Crippen LogP contribution is 2.30. The van der Waals surface area contributed by atoms with Crippen molar-refractivity contribution in [1.29, 1.82) is 0 Å². The van der Waals surface area contributed by atoms with Crippen LogP contribution in [0, 0.1) is 0 Å². The van der Waals surface area contributed by atoms with Crippen molar-refractivity contribution in [1.82, 2.24) is 5.32 Å². The van der Waals surface area contributed by atoms with Gasteiger partial charge in [0.2, 0.25) is 0 Å². The average molecular weight is 307 g/mol. The maximum Gasteiger partial charge on any atom is 0.522 e. The molecule has 120 valence electrons. The summed E-state index contributed by atoms with van der Waals surface area (Å²) in [6, 6.07) is 5.46. The van der Waals surface area contributed by atoms with Crippen LogP contribution >= 0.6 is 0 Å². The summed E-state index contributed by atoms with van der Waals surface area (Å²) in [5.74, 6) is 0.861. The minimum Gasteiger partial charge on any atom is -0.493 e. The molecule has 1 unspecified atom stereocenters. The van der Waals surface area contributed by atoms with E-state index in [2.05, 4.69) is 10.1 Å². The molecule has 0 aliphatic heterocycles. The Morgan fingerprint density at radius 2 is 1.90 bits per heavy atom. The first-order chi connectivity index (χ1) is 9.87. The van der Waals surface area contributed by atoms with Crippen LogP contribution in [0.1, 0.15) is 25.5 Å². The maximum atomic E-state index is 11.8. The minimum atomic E-state index is -4.64. The van der Waals surface area contributed by atoms with Crippen LogP contribution in [0.25, 0.3) is 0 Å². The lowest BCUT2D eigenvalue weighted by molar-refractivity contribution is -0.325. The average Bonchev–Trinajstić information content (AvgIpc) is 2.42. The molecule has 1 atom stereocenters. The van der Waals surface area contributed by atoms with E-state index in [1.165, 1.54) is 7.11 Å². The predicted octanol–water partition coefficient (Wildman–Crippen LogP) is 3.28. The predicted molar refractivity (Wildman–Crippen MR) is 72.6 cm³/mol. The van der Waals surface area contributed by atoms with Crippen molar-refractivity contribution in [2.75, 3.05) is 26.9 Å². The molecule has 1 aromatic carbocycles. The Hall–Kier alpha value is -1.47. The molecule has 1 aromatic rings. The largest absolute Gasteiger partial charge is 0.522 e. The van der Waals surface area contributed by atoms with E-state index in [0.29, 0.717) is 11.5 Å². The number of benzene rings is 1. The number of alkyl halides is 3. The minimum absolute atomic E-state index is 0.145. The van der Waals surface area contributed by atoms with Crippen molar-refractivity contribution >= 4 is 0 Å². The molecule has 0 aromatic heterocycles. The van der Waals surface area contributed by atoms with Gasteiger partial charge in [-0.2, -0.15) is 0 Å². The highest BCUT2D eigenvalue weighted by molar-refractivity contribution is 5.43. The number of hydrogen-bond donors (Lipinski definition) is 1. The fourth-order valence-electron chi connectivity index (χ4n) is 1.81. The molecule has 0 radical (unpaired) electrons. The molecule has 0 saturated heterocycles. The highest BCUT2D eigenvalue weighted by atomic mass is 19.4. The van der Waals surface area contributed by atoms with E-state index >= 15 is 0 Å². The van der Waals surface area contributed by atoms with E-state index in [9.17, 15) is 13.2 Å². The summed E-state index contributed by atoms with van der Waals surface area (Å²) >= 11 is 0. The van der Waals surface area contributed by atoms with Gasteiger partial charge in [0.15, 0.2) is 11.5 Å². The lowest BCUT2D eigenvalue weighted by Crippen LogP contribution is -2.19. The van der Waals surface area contributed by atoms with Crippen LogP contribution in [0.5, 0.6) is 11.5 Å². The third kappa shape index (κ3) is 6.22. The molecule has 0 saturated carbocycles. The van der Waals surface area contributed by atoms with Crippen molar-refractivity contribution in [2.45, 2.75) is 26.3 Å². The van der Waals surface area contributed by atoms with E-state index < -0.39 is 13.0 Å². The van der Waals surface area contributed by atoms with Gasteiger partial charge in [0.05, 0.1) is 13.7 Å². The molecular weight excluding hydrogens is 287 g/mol. The molecule has 1 rings (SSSR count). The molecular formula is C14H20F3NO3. The summed E-state index contributed by atoms with van der Waals surface area (Å²) in [5, 5.41) is 3.26. The van der Waals surface area contributed by atoms with Crippen molar-refractivity contribution in [3.8, 4) is 11.5 Å². The van der Waals surface area contributed by atoms with Gasteiger partial charge in [-0.05, 0) is 31.2 Å². The molecule has 7 heteroatoms. The SMILES string of the molecule is CCNC(C)c1ccc(OCCOC(F)(F)F)c(OC)c1. The number of hydrogen-bond acceptors (Lipinski definition) is 4. The van der Waals surface area contributed by atoms with Gasteiger partial charge in [0, 0.05) is 6.04 Å². The number of halogens is 3. The number of nitrogens with one attached hydrogen (secondary N) is 1. The van der Waals surface area contributed by atoms with Crippen LogP contribution in [0.15, 0.2) is 18.2 Å². The highest BCUT2D eigenvalue weighted by Gasteiger charge is 2.28. The molecule has 0 spiro atoms. The first kappa shape index (κ1) is 17.6. The second-order valence-corrected chi connectivity index (χ2v) is 4.33. The fourth-order valence-corrected chi connectivity index (χ4v) is 1.81. The Labute approximate surface area is 122 Å². The van der Waals surface area contributed by atoms with Gasteiger partial charge in [-0.1, -0.05) is 13.0 Å². The Kier molecular flexibility index (Phi) is 6.77. The summed E-state index contributed by atoms with van der Waals surface area (Å²) < 4.78 is 49.6. The second kappa shape index (κ2) is 8.09. The topological polar surface area (TPSA) is 39.7 Å². The van der Waals surface area contributed by atoms with Gasteiger partial charge >= 0.3 is 6.36 Å². The Morgan fingerprint density at radius 1 is 1.19 bits per heavy atom. The van der Waals surface area contributed by atoms with Crippen LogP contribution in [0.3, 0.4) is 0 Å². The van der Waals surface area contributed by atoms with E-state index in [1.54, 1.807) is 12.1 Å². The number of rotatable bonds is 8. The van der Waals surface area contributed by atoms with Crippen molar-refractivity contribution < 1.29 is 27.4 Å². The lowest BCUT2D eigenvalue weighted by atomic mass is 10.1. The van der Waals surface area contributed by atoms with E-state index in [4.69, 9.17) is 9.47 Å². The summed E-state index contributed by atoms with van der Waals surface area (Å²) in [6.07, 6.45) is -4.64. The zero-order chi connectivity index (χ0) is 15.9. The molecule has 0 aliphatic carbocycles. The first-order valence-electron chi connectivity index (χ1n) is 6.62. The van der Waals surface area contributed by atoms with Crippen LogP contribution in [0.4, 0.5) is 13.2 Å². The van der Waals surface area contributed by atoms with Crippen molar-refractivity contribution in [2.24, 2.45) is 0 Å². The van der Waals surface area contributed by atoms with Gasteiger partial charge < -0.3 is 14.8 Å². The van der Waals surface area contributed by atoms with Crippen molar-refractivity contribution in [3.05, 3.63) is 23.8 Å². The Morgan fingerprint density at radius 3 is 2.48 bits per heavy atom. The fraction of sp³-hybridized carbons (Fsp3) is 0.571. The summed E-state index contributed by atoms with van der Waals surface area (Å²) in [5.41, 5.74) is 1.01. The molecule has 1 N–H and O–H groups in total. The molecule has 0 aliphatic rings. The maximum absolute atomic E-state index is 11.8. The summed E-state index contributed by atoms with van der Waals surface area (Å²) in [7, 11) is 1.48. The van der Waals surface area contributed by atoms with Gasteiger partial charge in [-0.25, -0.2) is 0 Å². The Balaban J connectivity index is 2.62. The Bertz CT molecular complexity index is 438. The van der Waals surface area contributed by atoms with Crippen molar-refractivity contribution in [3.63, 3.8) is 0 Å². The molecule has 21 heavy (non-hydrogen) atoms. The number of methoxy groups -OCH3 is 1. The monoisotopic (exact) mass is 307 g/mol. The standard InChI is InChI=1S/C14H20F3NO3/c1-4-18-10(2)11-5-6-12(13(9-11)19-3)20-7-8-21-14(15,16)17/h5-6,9-10,18H,4,7-8H2,1-3H3. The van der Waals surface area contributed by atoms with Crippen LogP contribution < -0.4 is 14.8 Å². The summed E-state index contributed by atoms with van der Waals surface area (Å²) in [4.78, 5) is 0. The zero-order valence-corrected chi connectivity index (χ0v) is 12.3. The van der Waals surface area contributed by atoms with E-state index in [0.717, 1.165) is 12.1 Å². The van der Waals surface area contributed by atoms with Crippen LogP contribution in [-0.4, -0.2) is 33.2 Å². The second-order valence-electron chi connectivity index (χ2n) is 4.33. The van der Waals surface area contributed by atoms with Gasteiger partial charge in [0.1, 0.15) is 6.61 Å². The smallest absolute Gasteiger partial charge is 0.493 e. The molecule has 0 heterocycles. The molecule has 0 bridgehead atoms. The van der Waals surface area contributed by atoms with E-state index in [-0.39, 0.29) is 12.6 Å². The third-order valence-electron chi connectivity index (χ3n) is 2.80. The van der Waals surface area contributed by atoms with Gasteiger partial charge in [-0.3, -0.25) is 4.74 Å².